The van der Waals surface area contributed by atoms with Crippen molar-refractivity contribution in [2.24, 2.45) is 0 Å². The van der Waals surface area contributed by atoms with E-state index in [0.717, 1.165) is 16.7 Å². The third kappa shape index (κ3) is 6.23. The van der Waals surface area contributed by atoms with Crippen LogP contribution >= 0.6 is 0 Å². The fourth-order valence-corrected chi connectivity index (χ4v) is 3.74. The molecule has 0 aliphatic carbocycles. The van der Waals surface area contributed by atoms with Crippen LogP contribution in [0.5, 0.6) is 5.75 Å². The molecule has 1 aromatic heterocycles. The van der Waals surface area contributed by atoms with E-state index >= 15 is 0 Å². The number of hydrogen-bond donors (Lipinski definition) is 0. The van der Waals surface area contributed by atoms with Gasteiger partial charge in [0.1, 0.15) is 17.4 Å². The van der Waals surface area contributed by atoms with Gasteiger partial charge in [-0.05, 0) is 64.4 Å². The maximum Gasteiger partial charge on any atom is 0.401 e. The van der Waals surface area contributed by atoms with Crippen molar-refractivity contribution in [3.05, 3.63) is 86.2 Å². The standard InChI is InChI=1S/C27H29F2N3O7/c1-7-38-25(35)24(34)32(39-27(3,4)5)31-23(33)22(17-10-8-11-18(14-17)37-6)16(2)30(26(31)36)15-19-20(28)12-9-13-21(19)29/h8-14H,7,15H2,1-6H3. The summed E-state index contributed by atoms with van der Waals surface area (Å²) >= 11 is 0. The number of benzene rings is 2. The van der Waals surface area contributed by atoms with Crippen molar-refractivity contribution in [2.75, 3.05) is 18.9 Å². The summed E-state index contributed by atoms with van der Waals surface area (Å²) in [7, 11) is 1.42. The van der Waals surface area contributed by atoms with Crippen molar-refractivity contribution in [2.45, 2.75) is 46.8 Å². The first kappa shape index (κ1) is 29.2. The zero-order valence-electron chi connectivity index (χ0n) is 22.4. The van der Waals surface area contributed by atoms with Crippen molar-refractivity contribution in [1.29, 1.82) is 0 Å². The third-order valence-corrected chi connectivity index (χ3v) is 5.49. The first-order chi connectivity index (χ1) is 18.3. The van der Waals surface area contributed by atoms with Gasteiger partial charge in [0.05, 0.1) is 31.4 Å². The van der Waals surface area contributed by atoms with E-state index < -0.39 is 52.5 Å². The number of esters is 1. The molecule has 0 radical (unpaired) electrons. The SMILES string of the molecule is CCOC(=O)C(=O)N(OC(C)(C)C)n1c(=O)c(-c2cccc(OC)c2)c(C)n(Cc2c(F)cccc2F)c1=O. The minimum atomic E-state index is -1.46. The average Bonchev–Trinajstić information content (AvgIpc) is 2.86. The molecule has 0 fully saturated rings. The van der Waals surface area contributed by atoms with Gasteiger partial charge in [-0.25, -0.2) is 23.2 Å². The zero-order valence-corrected chi connectivity index (χ0v) is 22.4. The van der Waals surface area contributed by atoms with E-state index in [2.05, 4.69) is 0 Å². The Labute approximate surface area is 222 Å². The van der Waals surface area contributed by atoms with Gasteiger partial charge in [0.25, 0.3) is 5.56 Å². The van der Waals surface area contributed by atoms with Crippen LogP contribution in [0.15, 0.2) is 52.1 Å². The Bertz CT molecular complexity index is 1500. The van der Waals surface area contributed by atoms with Gasteiger partial charge in [0, 0.05) is 11.3 Å². The quantitative estimate of drug-likeness (QED) is 0.255. The molecule has 1 heterocycles. The van der Waals surface area contributed by atoms with E-state index in [9.17, 15) is 28.0 Å². The first-order valence-electron chi connectivity index (χ1n) is 11.9. The highest BCUT2D eigenvalue weighted by Gasteiger charge is 2.34. The van der Waals surface area contributed by atoms with E-state index in [4.69, 9.17) is 14.3 Å². The van der Waals surface area contributed by atoms with E-state index in [1.807, 2.05) is 0 Å². The monoisotopic (exact) mass is 545 g/mol. The lowest BCUT2D eigenvalue weighted by atomic mass is 10.0. The van der Waals surface area contributed by atoms with E-state index in [-0.39, 0.29) is 28.6 Å². The number of amides is 1. The molecule has 0 atom stereocenters. The molecule has 0 bridgehead atoms. The number of halogens is 2. The topological polar surface area (TPSA) is 109 Å². The van der Waals surface area contributed by atoms with Crippen molar-refractivity contribution in [1.82, 2.24) is 9.24 Å². The highest BCUT2D eigenvalue weighted by atomic mass is 19.1. The molecule has 39 heavy (non-hydrogen) atoms. The highest BCUT2D eigenvalue weighted by Crippen LogP contribution is 2.24. The number of nitrogens with zero attached hydrogens (tertiary/aromatic N) is 3. The van der Waals surface area contributed by atoms with Gasteiger partial charge in [-0.15, -0.1) is 4.68 Å². The van der Waals surface area contributed by atoms with E-state index in [0.29, 0.717) is 10.4 Å². The Morgan fingerprint density at radius 3 is 2.21 bits per heavy atom. The molecule has 2 aromatic carbocycles. The third-order valence-electron chi connectivity index (χ3n) is 5.49. The Kier molecular flexibility index (Phi) is 8.70. The summed E-state index contributed by atoms with van der Waals surface area (Å²) in [6.45, 7) is 6.65. The molecular formula is C27H29F2N3O7. The molecule has 0 saturated heterocycles. The van der Waals surface area contributed by atoms with Crippen LogP contribution in [0, 0.1) is 18.6 Å². The van der Waals surface area contributed by atoms with Crippen LogP contribution in [0.4, 0.5) is 8.78 Å². The first-order valence-corrected chi connectivity index (χ1v) is 11.9. The summed E-state index contributed by atoms with van der Waals surface area (Å²) in [6, 6.07) is 9.50. The maximum absolute atomic E-state index is 14.6. The molecule has 0 spiro atoms. The molecule has 0 aliphatic heterocycles. The number of hydroxylamine groups is 1. The number of methoxy groups -OCH3 is 1. The molecule has 3 rings (SSSR count). The molecule has 0 aliphatic rings. The number of hydrogen-bond acceptors (Lipinski definition) is 7. The van der Waals surface area contributed by atoms with E-state index in [1.54, 1.807) is 18.2 Å². The van der Waals surface area contributed by atoms with Crippen LogP contribution in [0.2, 0.25) is 0 Å². The zero-order chi connectivity index (χ0) is 29.1. The number of ether oxygens (including phenoxy) is 2. The number of rotatable bonds is 7. The number of aromatic nitrogens is 2. The van der Waals surface area contributed by atoms with Crippen LogP contribution in [-0.4, -0.2) is 40.4 Å². The lowest BCUT2D eigenvalue weighted by Crippen LogP contribution is -2.59. The summed E-state index contributed by atoms with van der Waals surface area (Å²) < 4.78 is 40.5. The van der Waals surface area contributed by atoms with Crippen LogP contribution in [0.25, 0.3) is 11.1 Å². The second-order valence-electron chi connectivity index (χ2n) is 9.38. The maximum atomic E-state index is 14.6. The fraction of sp³-hybridized carbons (Fsp3) is 0.333. The molecule has 0 unspecified atom stereocenters. The summed E-state index contributed by atoms with van der Waals surface area (Å²) in [6.07, 6.45) is 0. The van der Waals surface area contributed by atoms with Crippen molar-refractivity contribution in [3.8, 4) is 16.9 Å². The molecule has 3 aromatic rings. The number of carbonyl (C=O) groups excluding carboxylic acids is 2. The van der Waals surface area contributed by atoms with Gasteiger partial charge in [0.15, 0.2) is 0 Å². The molecule has 208 valence electrons. The molecule has 10 nitrogen and oxygen atoms in total. The molecule has 1 amide bonds. The second kappa shape index (κ2) is 11.6. The Balaban J connectivity index is 2.43. The van der Waals surface area contributed by atoms with Crippen molar-refractivity contribution >= 4 is 11.9 Å². The second-order valence-corrected chi connectivity index (χ2v) is 9.38. The summed E-state index contributed by atoms with van der Waals surface area (Å²) in [5, 5.41) is 0.222. The predicted molar refractivity (Wildman–Crippen MR) is 138 cm³/mol. The molecule has 12 heteroatoms. The summed E-state index contributed by atoms with van der Waals surface area (Å²) in [5.41, 5.74) is -3.65. The number of carbonyl (C=O) groups is 2. The van der Waals surface area contributed by atoms with Gasteiger partial charge in [-0.1, -0.05) is 23.4 Å². The van der Waals surface area contributed by atoms with E-state index in [1.165, 1.54) is 53.9 Å². The molecule has 0 N–H and O–H groups in total. The highest BCUT2D eigenvalue weighted by molar-refractivity contribution is 6.35. The normalized spacial score (nSPS) is 11.3. The molecular weight excluding hydrogens is 516 g/mol. The van der Waals surface area contributed by atoms with Gasteiger partial charge in [0.2, 0.25) is 0 Å². The van der Waals surface area contributed by atoms with Gasteiger partial charge < -0.3 is 9.47 Å². The van der Waals surface area contributed by atoms with Gasteiger partial charge in [-0.3, -0.25) is 14.2 Å². The minimum absolute atomic E-state index is 0.0384. The summed E-state index contributed by atoms with van der Waals surface area (Å²) in [5.74, 6) is -4.32. The smallest absolute Gasteiger partial charge is 0.401 e. The Hall–Kier alpha value is -4.32. The summed E-state index contributed by atoms with van der Waals surface area (Å²) in [4.78, 5) is 58.8. The lowest BCUT2D eigenvalue weighted by molar-refractivity contribution is -0.163. The lowest BCUT2D eigenvalue weighted by Gasteiger charge is -2.30. The predicted octanol–water partition coefficient (Wildman–Crippen LogP) is 3.08. The van der Waals surface area contributed by atoms with Crippen LogP contribution < -0.4 is 21.2 Å². The van der Waals surface area contributed by atoms with Gasteiger partial charge >= 0.3 is 17.6 Å². The van der Waals surface area contributed by atoms with Crippen LogP contribution in [-0.2, 0) is 25.7 Å². The largest absolute Gasteiger partial charge is 0.497 e. The Morgan fingerprint density at radius 1 is 1.03 bits per heavy atom. The average molecular weight is 546 g/mol. The van der Waals surface area contributed by atoms with Crippen LogP contribution in [0.3, 0.4) is 0 Å². The fourth-order valence-electron chi connectivity index (χ4n) is 3.74. The van der Waals surface area contributed by atoms with Crippen LogP contribution in [0.1, 0.15) is 39.0 Å². The van der Waals surface area contributed by atoms with Gasteiger partial charge in [-0.2, -0.15) is 0 Å². The van der Waals surface area contributed by atoms with Crippen molar-refractivity contribution < 1.29 is 32.7 Å². The molecule has 0 saturated carbocycles. The Morgan fingerprint density at radius 2 is 1.64 bits per heavy atom. The van der Waals surface area contributed by atoms with Crippen molar-refractivity contribution in [3.63, 3.8) is 0 Å². The minimum Gasteiger partial charge on any atom is -0.497 e.